The maximum atomic E-state index is 13.4. The van der Waals surface area contributed by atoms with Crippen LogP contribution in [0.2, 0.25) is 5.02 Å². The third-order valence-electron chi connectivity index (χ3n) is 5.54. The number of halogens is 1. The molecule has 8 nitrogen and oxygen atoms in total. The second kappa shape index (κ2) is 8.31. The average Bonchev–Trinajstić information content (AvgIpc) is 3.03. The van der Waals surface area contributed by atoms with Crippen molar-refractivity contribution in [3.05, 3.63) is 86.9 Å². The number of hydrogen-bond acceptors (Lipinski definition) is 5. The number of nitro benzene ring substituents is 1. The van der Waals surface area contributed by atoms with Gasteiger partial charge in [-0.2, -0.15) is 5.01 Å². The van der Waals surface area contributed by atoms with Gasteiger partial charge in [0.15, 0.2) is 0 Å². The number of allylic oxidation sites excluding steroid dienone is 2. The molecule has 0 bridgehead atoms. The summed E-state index contributed by atoms with van der Waals surface area (Å²) in [5.41, 5.74) is 0.581. The fourth-order valence-electron chi connectivity index (χ4n) is 3.92. The Morgan fingerprint density at radius 2 is 1.61 bits per heavy atom. The summed E-state index contributed by atoms with van der Waals surface area (Å²) < 4.78 is 0. The molecule has 0 unspecified atom stereocenters. The summed E-state index contributed by atoms with van der Waals surface area (Å²) in [6.07, 6.45) is 4.62. The van der Waals surface area contributed by atoms with Crippen molar-refractivity contribution in [2.24, 2.45) is 11.8 Å². The van der Waals surface area contributed by atoms with E-state index in [0.29, 0.717) is 18.4 Å². The minimum atomic E-state index is -0.600. The molecule has 2 atom stereocenters. The van der Waals surface area contributed by atoms with Crippen LogP contribution in [-0.2, 0) is 16.1 Å². The molecule has 1 heterocycles. The third kappa shape index (κ3) is 3.82. The number of hydrogen-bond donors (Lipinski definition) is 0. The van der Waals surface area contributed by atoms with E-state index < -0.39 is 34.5 Å². The van der Waals surface area contributed by atoms with Crippen molar-refractivity contribution < 1.29 is 19.3 Å². The predicted molar refractivity (Wildman–Crippen MR) is 112 cm³/mol. The van der Waals surface area contributed by atoms with E-state index in [9.17, 15) is 24.5 Å². The lowest BCUT2D eigenvalue weighted by atomic mass is 9.85. The summed E-state index contributed by atoms with van der Waals surface area (Å²) in [5, 5.41) is 13.1. The van der Waals surface area contributed by atoms with Crippen molar-refractivity contribution in [2.45, 2.75) is 19.4 Å². The van der Waals surface area contributed by atoms with E-state index in [-0.39, 0.29) is 22.8 Å². The summed E-state index contributed by atoms with van der Waals surface area (Å²) in [5.74, 6) is -2.47. The average molecular weight is 440 g/mol. The topological polar surface area (TPSA) is 101 Å². The van der Waals surface area contributed by atoms with Gasteiger partial charge < -0.3 is 0 Å². The van der Waals surface area contributed by atoms with Crippen LogP contribution < -0.4 is 0 Å². The molecule has 2 aliphatic rings. The molecule has 0 N–H and O–H groups in total. The highest BCUT2D eigenvalue weighted by molar-refractivity contribution is 6.33. The van der Waals surface area contributed by atoms with E-state index in [1.54, 1.807) is 18.2 Å². The van der Waals surface area contributed by atoms with Crippen LogP contribution in [0.1, 0.15) is 28.8 Å². The maximum absolute atomic E-state index is 13.4. The molecule has 1 fully saturated rings. The Hall–Kier alpha value is -3.52. The molecule has 158 valence electrons. The Bertz CT molecular complexity index is 1070. The Morgan fingerprint density at radius 3 is 2.16 bits per heavy atom. The number of benzene rings is 2. The largest absolute Gasteiger partial charge is 0.274 e. The quantitative estimate of drug-likeness (QED) is 0.305. The van der Waals surface area contributed by atoms with Crippen LogP contribution in [0, 0.1) is 22.0 Å². The number of carbonyl (C=O) groups excluding carboxylic acids is 3. The molecule has 0 aromatic heterocycles. The molecular weight excluding hydrogens is 422 g/mol. The monoisotopic (exact) mass is 439 g/mol. The second-order valence-corrected chi connectivity index (χ2v) is 7.82. The molecule has 1 aliphatic heterocycles. The molecule has 0 spiro atoms. The number of carbonyl (C=O) groups is 3. The molecule has 0 saturated carbocycles. The van der Waals surface area contributed by atoms with Gasteiger partial charge in [0.05, 0.1) is 33.9 Å². The first-order chi connectivity index (χ1) is 14.9. The van der Waals surface area contributed by atoms with Crippen molar-refractivity contribution >= 4 is 35.0 Å². The highest BCUT2D eigenvalue weighted by Crippen LogP contribution is 2.37. The van der Waals surface area contributed by atoms with Gasteiger partial charge >= 0.3 is 0 Å². The van der Waals surface area contributed by atoms with E-state index in [2.05, 4.69) is 0 Å². The Morgan fingerprint density at radius 1 is 1.03 bits per heavy atom. The first-order valence-corrected chi connectivity index (χ1v) is 10.1. The van der Waals surface area contributed by atoms with Crippen molar-refractivity contribution in [3.8, 4) is 0 Å². The molecular formula is C22H18ClN3O5. The lowest BCUT2D eigenvalue weighted by Gasteiger charge is -2.31. The van der Waals surface area contributed by atoms with Gasteiger partial charge in [-0.15, -0.1) is 0 Å². The third-order valence-corrected chi connectivity index (χ3v) is 5.87. The zero-order valence-corrected chi connectivity index (χ0v) is 17.1. The Kier molecular flexibility index (Phi) is 5.56. The van der Waals surface area contributed by atoms with Gasteiger partial charge in [0.1, 0.15) is 0 Å². The summed E-state index contributed by atoms with van der Waals surface area (Å²) in [6.45, 7) is -0.119. The SMILES string of the molecule is O=C(c1ccccc1Cl)N(Cc1ccc([N+](=O)[O-])cc1)N1C(=O)[C@H]2CC=CC[C@H]2C1=O. The van der Waals surface area contributed by atoms with Crippen LogP contribution >= 0.6 is 11.6 Å². The lowest BCUT2D eigenvalue weighted by molar-refractivity contribution is -0.384. The van der Waals surface area contributed by atoms with Gasteiger partial charge in [-0.1, -0.05) is 48.0 Å². The van der Waals surface area contributed by atoms with Gasteiger partial charge in [0, 0.05) is 12.1 Å². The second-order valence-electron chi connectivity index (χ2n) is 7.41. The molecule has 9 heteroatoms. The number of nitro groups is 1. The van der Waals surface area contributed by atoms with Crippen LogP contribution in [0.25, 0.3) is 0 Å². The summed E-state index contributed by atoms with van der Waals surface area (Å²) in [4.78, 5) is 50.0. The van der Waals surface area contributed by atoms with E-state index in [1.165, 1.54) is 30.3 Å². The minimum Gasteiger partial charge on any atom is -0.272 e. The molecule has 0 radical (unpaired) electrons. The van der Waals surface area contributed by atoms with E-state index in [0.717, 1.165) is 10.0 Å². The molecule has 1 aliphatic carbocycles. The maximum Gasteiger partial charge on any atom is 0.274 e. The van der Waals surface area contributed by atoms with Crippen LogP contribution in [-0.4, -0.2) is 32.7 Å². The summed E-state index contributed by atoms with van der Waals surface area (Å²) in [7, 11) is 0. The van der Waals surface area contributed by atoms with Crippen molar-refractivity contribution in [1.82, 2.24) is 10.0 Å². The van der Waals surface area contributed by atoms with Crippen LogP contribution in [0.15, 0.2) is 60.7 Å². The number of hydrazine groups is 1. The zero-order chi connectivity index (χ0) is 22.1. The van der Waals surface area contributed by atoms with Crippen molar-refractivity contribution in [1.29, 1.82) is 0 Å². The summed E-state index contributed by atoms with van der Waals surface area (Å²) in [6, 6.07) is 12.0. The van der Waals surface area contributed by atoms with E-state index >= 15 is 0 Å². The molecule has 3 amide bonds. The zero-order valence-electron chi connectivity index (χ0n) is 16.3. The van der Waals surface area contributed by atoms with E-state index in [1.807, 2.05) is 12.2 Å². The molecule has 31 heavy (non-hydrogen) atoms. The fraction of sp³-hybridized carbons (Fsp3) is 0.227. The highest BCUT2D eigenvalue weighted by atomic mass is 35.5. The first kappa shape index (κ1) is 20.7. The van der Waals surface area contributed by atoms with Crippen molar-refractivity contribution in [2.75, 3.05) is 0 Å². The first-order valence-electron chi connectivity index (χ1n) is 9.71. The summed E-state index contributed by atoms with van der Waals surface area (Å²) >= 11 is 6.20. The van der Waals surface area contributed by atoms with Crippen LogP contribution in [0.4, 0.5) is 5.69 Å². The Balaban J connectivity index is 1.71. The van der Waals surface area contributed by atoms with Gasteiger partial charge in [0.2, 0.25) is 0 Å². The lowest BCUT2D eigenvalue weighted by Crippen LogP contribution is -2.49. The predicted octanol–water partition coefficient (Wildman–Crippen LogP) is 3.76. The smallest absolute Gasteiger partial charge is 0.272 e. The minimum absolute atomic E-state index is 0.0989. The fourth-order valence-corrected chi connectivity index (χ4v) is 4.14. The molecule has 2 aromatic carbocycles. The van der Waals surface area contributed by atoms with Crippen LogP contribution in [0.5, 0.6) is 0 Å². The highest BCUT2D eigenvalue weighted by Gasteiger charge is 2.50. The van der Waals surface area contributed by atoms with Gasteiger partial charge in [-0.3, -0.25) is 24.5 Å². The van der Waals surface area contributed by atoms with Gasteiger partial charge in [0.25, 0.3) is 23.4 Å². The number of imide groups is 1. The molecule has 4 rings (SSSR count). The van der Waals surface area contributed by atoms with Gasteiger partial charge in [-0.05, 0) is 30.5 Å². The standard InChI is InChI=1S/C22H18ClN3O5/c23-19-8-4-3-7-18(19)20(27)24(13-14-9-11-15(12-10-14)26(30)31)25-21(28)16-5-1-2-6-17(16)22(25)29/h1-4,7-12,16-17H,5-6,13H2/t16-,17+. The van der Waals surface area contributed by atoms with Crippen molar-refractivity contribution in [3.63, 3.8) is 0 Å². The number of fused-ring (bicyclic) bond motifs is 1. The van der Waals surface area contributed by atoms with Crippen LogP contribution in [0.3, 0.4) is 0 Å². The number of nitrogens with zero attached hydrogens (tertiary/aromatic N) is 3. The van der Waals surface area contributed by atoms with E-state index in [4.69, 9.17) is 11.6 Å². The normalized spacial score (nSPS) is 20.0. The Labute approximate surface area is 182 Å². The molecule has 1 saturated heterocycles. The van der Waals surface area contributed by atoms with Gasteiger partial charge in [-0.25, -0.2) is 5.01 Å². The number of amides is 3. The number of rotatable bonds is 5. The molecule has 2 aromatic rings. The number of non-ortho nitro benzene ring substituents is 1.